The second kappa shape index (κ2) is 12.4. The van der Waals surface area contributed by atoms with Gasteiger partial charge in [-0.05, 0) is 47.1 Å². The van der Waals surface area contributed by atoms with Gasteiger partial charge in [-0.15, -0.1) is 0 Å². The van der Waals surface area contributed by atoms with E-state index in [4.69, 9.17) is 9.47 Å². The predicted octanol–water partition coefficient (Wildman–Crippen LogP) is 6.78. The van der Waals surface area contributed by atoms with Crippen molar-refractivity contribution in [3.63, 3.8) is 0 Å². The molecule has 1 atom stereocenters. The topological polar surface area (TPSA) is 84.9 Å². The van der Waals surface area contributed by atoms with Gasteiger partial charge in [0.05, 0.1) is 19.8 Å². The quantitative estimate of drug-likeness (QED) is 0.335. The molecule has 2 aromatic rings. The molecule has 0 heterocycles. The van der Waals surface area contributed by atoms with E-state index in [1.807, 2.05) is 39.0 Å². The summed E-state index contributed by atoms with van der Waals surface area (Å²) >= 11 is 0. The molecule has 2 aromatic carbocycles. The molecule has 0 spiro atoms. The normalized spacial score (nSPS) is 12.2. The lowest BCUT2D eigenvalue weighted by Crippen LogP contribution is -2.21. The Hall–Kier alpha value is -3.02. The number of amides is 1. The summed E-state index contributed by atoms with van der Waals surface area (Å²) < 4.78 is 11.0. The van der Waals surface area contributed by atoms with E-state index in [1.54, 1.807) is 32.4 Å². The Morgan fingerprint density at radius 1 is 1.00 bits per heavy atom. The van der Waals surface area contributed by atoms with Crippen LogP contribution in [0.25, 0.3) is 0 Å². The molecule has 1 unspecified atom stereocenters. The number of rotatable bonds is 12. The molecular weight excluding hydrogens is 430 g/mol. The molecule has 0 radical (unpaired) electrons. The van der Waals surface area contributed by atoms with Crippen molar-refractivity contribution in [1.82, 2.24) is 0 Å². The van der Waals surface area contributed by atoms with Crippen molar-refractivity contribution >= 4 is 17.6 Å². The minimum Gasteiger partial charge on any atom is -0.497 e. The van der Waals surface area contributed by atoms with Gasteiger partial charge in [0, 0.05) is 18.2 Å². The summed E-state index contributed by atoms with van der Waals surface area (Å²) in [5.74, 6) is 0.212. The molecule has 0 fully saturated rings. The summed E-state index contributed by atoms with van der Waals surface area (Å²) in [6.07, 6.45) is 5.57. The number of nitrogens with one attached hydrogen (secondary N) is 1. The number of aromatic carboxylic acids is 1. The third-order valence-electron chi connectivity index (χ3n) is 6.07. The van der Waals surface area contributed by atoms with Crippen LogP contribution < -0.4 is 14.8 Å². The number of carbonyl (C=O) groups is 2. The van der Waals surface area contributed by atoms with Gasteiger partial charge in [0.1, 0.15) is 11.5 Å². The highest BCUT2D eigenvalue weighted by molar-refractivity contribution is 5.95. The van der Waals surface area contributed by atoms with E-state index in [0.717, 1.165) is 43.2 Å². The molecule has 0 aliphatic carbocycles. The van der Waals surface area contributed by atoms with Crippen molar-refractivity contribution in [2.45, 2.75) is 77.6 Å². The maximum Gasteiger partial charge on any atom is 0.335 e. The Labute approximate surface area is 203 Å². The average molecular weight is 470 g/mol. The predicted molar refractivity (Wildman–Crippen MR) is 136 cm³/mol. The van der Waals surface area contributed by atoms with Gasteiger partial charge >= 0.3 is 5.97 Å². The van der Waals surface area contributed by atoms with Crippen molar-refractivity contribution in [2.75, 3.05) is 19.5 Å². The summed E-state index contributed by atoms with van der Waals surface area (Å²) in [7, 11) is 3.24. The first kappa shape index (κ1) is 27.2. The zero-order valence-corrected chi connectivity index (χ0v) is 21.4. The fourth-order valence-corrected chi connectivity index (χ4v) is 4.20. The average Bonchev–Trinajstić information content (AvgIpc) is 2.79. The van der Waals surface area contributed by atoms with Crippen molar-refractivity contribution in [3.8, 4) is 11.5 Å². The second-order valence-corrected chi connectivity index (χ2v) is 9.72. The van der Waals surface area contributed by atoms with E-state index < -0.39 is 5.97 Å². The molecule has 1 amide bonds. The first-order chi connectivity index (χ1) is 16.1. The van der Waals surface area contributed by atoms with Gasteiger partial charge < -0.3 is 19.9 Å². The number of methoxy groups -OCH3 is 2. The SMILES string of the molecule is CCCCCCC(CC(=O)Nc1cc(C(=O)O)ccc1C(C)(C)C)c1ccc(OC)cc1OC. The molecule has 0 aliphatic rings. The largest absolute Gasteiger partial charge is 0.497 e. The van der Waals surface area contributed by atoms with E-state index in [-0.39, 0.29) is 29.2 Å². The summed E-state index contributed by atoms with van der Waals surface area (Å²) in [6.45, 7) is 8.29. The van der Waals surface area contributed by atoms with Crippen molar-refractivity contribution in [1.29, 1.82) is 0 Å². The number of hydrogen-bond donors (Lipinski definition) is 2. The zero-order valence-electron chi connectivity index (χ0n) is 21.4. The Morgan fingerprint density at radius 2 is 1.74 bits per heavy atom. The van der Waals surface area contributed by atoms with Crippen LogP contribution in [0.2, 0.25) is 0 Å². The summed E-state index contributed by atoms with van der Waals surface area (Å²) in [5.41, 5.74) is 2.32. The molecule has 0 aromatic heterocycles. The van der Waals surface area contributed by atoms with Crippen molar-refractivity contribution < 1.29 is 24.2 Å². The third-order valence-corrected chi connectivity index (χ3v) is 6.07. The van der Waals surface area contributed by atoms with Gasteiger partial charge in [-0.1, -0.05) is 65.5 Å². The fourth-order valence-electron chi connectivity index (χ4n) is 4.20. The van der Waals surface area contributed by atoms with E-state index in [9.17, 15) is 14.7 Å². The van der Waals surface area contributed by atoms with Crippen LogP contribution in [-0.4, -0.2) is 31.2 Å². The molecule has 2 N–H and O–H groups in total. The lowest BCUT2D eigenvalue weighted by atomic mass is 9.85. The molecule has 0 saturated carbocycles. The van der Waals surface area contributed by atoms with Crippen LogP contribution in [0.15, 0.2) is 36.4 Å². The lowest BCUT2D eigenvalue weighted by molar-refractivity contribution is -0.116. The van der Waals surface area contributed by atoms with Crippen molar-refractivity contribution in [3.05, 3.63) is 53.1 Å². The number of carboxylic acids is 1. The first-order valence-corrected chi connectivity index (χ1v) is 12.0. The highest BCUT2D eigenvalue weighted by Gasteiger charge is 2.24. The number of carbonyl (C=O) groups excluding carboxylic acids is 1. The van der Waals surface area contributed by atoms with Gasteiger partial charge in [0.15, 0.2) is 0 Å². The number of benzene rings is 2. The Balaban J connectivity index is 2.32. The molecule has 0 aliphatic heterocycles. The monoisotopic (exact) mass is 469 g/mol. The number of hydrogen-bond acceptors (Lipinski definition) is 4. The minimum absolute atomic E-state index is 0.0292. The van der Waals surface area contributed by atoms with Crippen molar-refractivity contribution in [2.24, 2.45) is 0 Å². The van der Waals surface area contributed by atoms with Crippen LogP contribution in [-0.2, 0) is 10.2 Å². The van der Waals surface area contributed by atoms with Gasteiger partial charge in [-0.3, -0.25) is 4.79 Å². The Morgan fingerprint density at radius 3 is 2.32 bits per heavy atom. The summed E-state index contributed by atoms with van der Waals surface area (Å²) in [6, 6.07) is 10.6. The highest BCUT2D eigenvalue weighted by Crippen LogP contribution is 2.36. The maximum atomic E-state index is 13.2. The van der Waals surface area contributed by atoms with Crippen LogP contribution in [0.1, 0.15) is 93.6 Å². The molecule has 2 rings (SSSR count). The van der Waals surface area contributed by atoms with E-state index in [1.165, 1.54) is 0 Å². The van der Waals surface area contributed by atoms with Gasteiger partial charge in [0.2, 0.25) is 5.91 Å². The molecule has 186 valence electrons. The lowest BCUT2D eigenvalue weighted by Gasteiger charge is -2.25. The molecule has 34 heavy (non-hydrogen) atoms. The smallest absolute Gasteiger partial charge is 0.335 e. The molecule has 6 nitrogen and oxygen atoms in total. The third kappa shape index (κ3) is 7.51. The Kier molecular flexibility index (Phi) is 9.97. The number of carboxylic acid groups (broad SMARTS) is 1. The second-order valence-electron chi connectivity index (χ2n) is 9.72. The summed E-state index contributed by atoms with van der Waals surface area (Å²) in [5, 5.41) is 12.4. The molecule has 0 bridgehead atoms. The van der Waals surface area contributed by atoms with Crippen LogP contribution in [0, 0.1) is 0 Å². The number of anilines is 1. The van der Waals surface area contributed by atoms with E-state index in [0.29, 0.717) is 17.2 Å². The summed E-state index contributed by atoms with van der Waals surface area (Å²) in [4.78, 5) is 24.8. The first-order valence-electron chi connectivity index (χ1n) is 12.0. The van der Waals surface area contributed by atoms with Crippen LogP contribution in [0.4, 0.5) is 5.69 Å². The molecule has 0 saturated heterocycles. The highest BCUT2D eigenvalue weighted by atomic mass is 16.5. The maximum absolute atomic E-state index is 13.2. The number of unbranched alkanes of at least 4 members (excludes halogenated alkanes) is 3. The van der Waals surface area contributed by atoms with Crippen LogP contribution in [0.5, 0.6) is 11.5 Å². The van der Waals surface area contributed by atoms with Gasteiger partial charge in [0.25, 0.3) is 0 Å². The van der Waals surface area contributed by atoms with E-state index in [2.05, 4.69) is 12.2 Å². The van der Waals surface area contributed by atoms with E-state index >= 15 is 0 Å². The van der Waals surface area contributed by atoms with Crippen LogP contribution >= 0.6 is 0 Å². The molecule has 6 heteroatoms. The molecular formula is C28H39NO5. The fraction of sp³-hybridized carbons (Fsp3) is 0.500. The van der Waals surface area contributed by atoms with Gasteiger partial charge in [-0.2, -0.15) is 0 Å². The van der Waals surface area contributed by atoms with Gasteiger partial charge in [-0.25, -0.2) is 4.79 Å². The minimum atomic E-state index is -1.02. The standard InChI is InChI=1S/C28H39NO5/c1-7-8-9-10-11-19(22-14-13-21(33-5)18-25(22)34-6)17-26(30)29-24-16-20(27(31)32)12-15-23(24)28(2,3)4/h12-16,18-19H,7-11,17H2,1-6H3,(H,29,30)(H,31,32). The number of ether oxygens (including phenoxy) is 2. The Bertz CT molecular complexity index is 977. The van der Waals surface area contributed by atoms with Crippen LogP contribution in [0.3, 0.4) is 0 Å². The zero-order chi connectivity index (χ0) is 25.3.